The minimum Gasteiger partial charge on any atom is -0.337 e. The molecule has 2 aliphatic heterocycles. The minimum atomic E-state index is -4.33. The zero-order valence-corrected chi connectivity index (χ0v) is 14.8. The molecule has 0 N–H and O–H groups in total. The summed E-state index contributed by atoms with van der Waals surface area (Å²) in [6, 6.07) is 5.80. The van der Waals surface area contributed by atoms with Gasteiger partial charge in [0.05, 0.1) is 17.8 Å². The number of hydrogen-bond acceptors (Lipinski definition) is 3. The molecule has 2 bridgehead atoms. The Kier molecular flexibility index (Phi) is 4.65. The van der Waals surface area contributed by atoms with Gasteiger partial charge in [-0.05, 0) is 49.8 Å². The summed E-state index contributed by atoms with van der Waals surface area (Å²) in [6.45, 7) is 0. The van der Waals surface area contributed by atoms with E-state index in [0.717, 1.165) is 43.4 Å². The fraction of sp³-hybridized carbons (Fsp3) is 0.526. The van der Waals surface area contributed by atoms with Crippen molar-refractivity contribution >= 4 is 5.91 Å². The van der Waals surface area contributed by atoms with Crippen LogP contribution in [-0.2, 0) is 17.4 Å². The number of hydrogen-bond donors (Lipinski definition) is 0. The van der Waals surface area contributed by atoms with Gasteiger partial charge in [-0.3, -0.25) is 4.79 Å². The number of fused-ring (bicyclic) bond motifs is 2. The Bertz CT molecular complexity index is 774. The highest BCUT2D eigenvalue weighted by Crippen LogP contribution is 2.41. The Morgan fingerprint density at radius 1 is 1.07 bits per heavy atom. The predicted molar refractivity (Wildman–Crippen MR) is 91.7 cm³/mol. The van der Waals surface area contributed by atoms with Gasteiger partial charge >= 0.3 is 6.18 Å². The Balaban J connectivity index is 1.35. The normalized spacial score (nSPS) is 25.0. The summed E-state index contributed by atoms with van der Waals surface area (Å²) in [6.07, 6.45) is 3.75. The van der Waals surface area contributed by atoms with Gasteiger partial charge in [0.25, 0.3) is 0 Å². The average molecular weight is 378 g/mol. The van der Waals surface area contributed by atoms with Crippen LogP contribution in [0.1, 0.15) is 49.3 Å². The van der Waals surface area contributed by atoms with E-state index in [9.17, 15) is 18.0 Å². The Morgan fingerprint density at radius 2 is 1.74 bits per heavy atom. The van der Waals surface area contributed by atoms with Gasteiger partial charge in [-0.2, -0.15) is 13.2 Å². The number of halogens is 3. The van der Waals surface area contributed by atoms with Crippen LogP contribution in [0.3, 0.4) is 0 Å². The van der Waals surface area contributed by atoms with Gasteiger partial charge in [-0.15, -0.1) is 5.10 Å². The van der Waals surface area contributed by atoms with Crippen molar-refractivity contribution in [3.05, 3.63) is 47.8 Å². The number of nitrogens with zero attached hydrogens (tertiary/aromatic N) is 4. The van der Waals surface area contributed by atoms with Crippen molar-refractivity contribution in [2.75, 3.05) is 0 Å². The third kappa shape index (κ3) is 3.70. The number of alkyl halides is 3. The van der Waals surface area contributed by atoms with E-state index in [1.54, 1.807) is 6.20 Å². The highest BCUT2D eigenvalue weighted by Gasteiger charge is 2.43. The lowest BCUT2D eigenvalue weighted by atomic mass is 9.96. The predicted octanol–water partition coefficient (Wildman–Crippen LogP) is 3.62. The fourth-order valence-electron chi connectivity index (χ4n) is 4.42. The summed E-state index contributed by atoms with van der Waals surface area (Å²) in [5.74, 6) is 0.0967. The summed E-state index contributed by atoms with van der Waals surface area (Å²) in [7, 11) is 0. The van der Waals surface area contributed by atoms with E-state index in [1.165, 1.54) is 12.1 Å². The lowest BCUT2D eigenvalue weighted by Gasteiger charge is -2.39. The molecule has 1 amide bonds. The standard InChI is InChI=1S/C19H21F3N4O/c20-19(21,22)14-4-1-13(2-5-14)3-8-18(27)26-15-6-7-16(26)12-17(11-15)25-10-9-23-24-25/h1-2,4-5,9-10,15-17H,3,6-8,11-12H2. The first kappa shape index (κ1) is 18.0. The first-order valence-electron chi connectivity index (χ1n) is 9.25. The number of aryl methyl sites for hydroxylation is 1. The first-order valence-corrected chi connectivity index (χ1v) is 9.25. The maximum absolute atomic E-state index is 12.8. The summed E-state index contributed by atoms with van der Waals surface area (Å²) in [5.41, 5.74) is 0.0898. The lowest BCUT2D eigenvalue weighted by molar-refractivity contribution is -0.138. The molecule has 1 aromatic carbocycles. The van der Waals surface area contributed by atoms with E-state index in [0.29, 0.717) is 12.8 Å². The molecule has 2 fully saturated rings. The molecule has 2 atom stereocenters. The third-order valence-corrected chi connectivity index (χ3v) is 5.72. The number of rotatable bonds is 4. The van der Waals surface area contributed by atoms with E-state index in [-0.39, 0.29) is 24.0 Å². The molecule has 2 saturated heterocycles. The molecule has 2 aliphatic rings. The molecule has 27 heavy (non-hydrogen) atoms. The second-order valence-corrected chi connectivity index (χ2v) is 7.39. The van der Waals surface area contributed by atoms with Crippen molar-refractivity contribution in [3.8, 4) is 0 Å². The molecule has 0 spiro atoms. The molecule has 0 aliphatic carbocycles. The van der Waals surface area contributed by atoms with Gasteiger partial charge < -0.3 is 4.90 Å². The SMILES string of the molecule is O=C(CCc1ccc(C(F)(F)F)cc1)N1C2CCC1CC(n1ccnn1)C2. The molecular formula is C19H21F3N4O. The molecule has 0 radical (unpaired) electrons. The summed E-state index contributed by atoms with van der Waals surface area (Å²) < 4.78 is 39.8. The number of aromatic nitrogens is 3. The Labute approximate surface area is 155 Å². The molecule has 2 unspecified atom stereocenters. The van der Waals surface area contributed by atoms with Crippen molar-refractivity contribution in [2.45, 2.75) is 62.8 Å². The van der Waals surface area contributed by atoms with Gasteiger partial charge in [0.1, 0.15) is 0 Å². The molecule has 8 heteroatoms. The number of carbonyl (C=O) groups excluding carboxylic acids is 1. The number of piperidine rings is 1. The Hall–Kier alpha value is -2.38. The Morgan fingerprint density at radius 3 is 2.30 bits per heavy atom. The summed E-state index contributed by atoms with van der Waals surface area (Å²) in [4.78, 5) is 14.8. The topological polar surface area (TPSA) is 51.0 Å². The van der Waals surface area contributed by atoms with Crippen LogP contribution in [0.2, 0.25) is 0 Å². The van der Waals surface area contributed by atoms with Crippen LogP contribution >= 0.6 is 0 Å². The highest BCUT2D eigenvalue weighted by atomic mass is 19.4. The molecule has 3 heterocycles. The maximum atomic E-state index is 12.8. The van der Waals surface area contributed by atoms with Crippen molar-refractivity contribution in [3.63, 3.8) is 0 Å². The van der Waals surface area contributed by atoms with E-state index in [1.807, 2.05) is 15.8 Å². The van der Waals surface area contributed by atoms with Crippen molar-refractivity contribution < 1.29 is 18.0 Å². The van der Waals surface area contributed by atoms with Crippen molar-refractivity contribution in [2.24, 2.45) is 0 Å². The fourth-order valence-corrected chi connectivity index (χ4v) is 4.42. The maximum Gasteiger partial charge on any atom is 0.416 e. The lowest BCUT2D eigenvalue weighted by Crippen LogP contribution is -2.47. The van der Waals surface area contributed by atoms with Gasteiger partial charge in [0.15, 0.2) is 0 Å². The van der Waals surface area contributed by atoms with Gasteiger partial charge in [-0.25, -0.2) is 4.68 Å². The number of benzene rings is 1. The largest absolute Gasteiger partial charge is 0.416 e. The van der Waals surface area contributed by atoms with Gasteiger partial charge in [0, 0.05) is 24.7 Å². The molecule has 1 aromatic heterocycles. The molecular weight excluding hydrogens is 357 g/mol. The first-order chi connectivity index (χ1) is 12.9. The smallest absolute Gasteiger partial charge is 0.337 e. The van der Waals surface area contributed by atoms with Crippen LogP contribution in [0, 0.1) is 0 Å². The van der Waals surface area contributed by atoms with Gasteiger partial charge in [0.2, 0.25) is 5.91 Å². The number of amides is 1. The third-order valence-electron chi connectivity index (χ3n) is 5.72. The second-order valence-electron chi connectivity index (χ2n) is 7.39. The quantitative estimate of drug-likeness (QED) is 0.817. The molecule has 144 valence electrons. The average Bonchev–Trinajstić information content (AvgIpc) is 3.26. The van der Waals surface area contributed by atoms with E-state index < -0.39 is 11.7 Å². The van der Waals surface area contributed by atoms with Gasteiger partial charge in [-0.1, -0.05) is 17.3 Å². The summed E-state index contributed by atoms with van der Waals surface area (Å²) >= 11 is 0. The minimum absolute atomic E-state index is 0.0967. The number of carbonyl (C=O) groups is 1. The molecule has 2 aromatic rings. The zero-order valence-electron chi connectivity index (χ0n) is 14.8. The van der Waals surface area contributed by atoms with Crippen molar-refractivity contribution in [1.29, 1.82) is 0 Å². The van der Waals surface area contributed by atoms with E-state index in [2.05, 4.69) is 10.3 Å². The molecule has 0 saturated carbocycles. The monoisotopic (exact) mass is 378 g/mol. The van der Waals surface area contributed by atoms with Crippen LogP contribution < -0.4 is 0 Å². The van der Waals surface area contributed by atoms with Crippen LogP contribution in [0.5, 0.6) is 0 Å². The van der Waals surface area contributed by atoms with Crippen LogP contribution in [-0.4, -0.2) is 37.9 Å². The zero-order chi connectivity index (χ0) is 19.0. The van der Waals surface area contributed by atoms with E-state index >= 15 is 0 Å². The second kappa shape index (κ2) is 6.98. The summed E-state index contributed by atoms with van der Waals surface area (Å²) in [5, 5.41) is 7.96. The van der Waals surface area contributed by atoms with Crippen LogP contribution in [0.4, 0.5) is 13.2 Å². The highest BCUT2D eigenvalue weighted by molar-refractivity contribution is 5.77. The van der Waals surface area contributed by atoms with Crippen LogP contribution in [0.25, 0.3) is 0 Å². The van der Waals surface area contributed by atoms with E-state index in [4.69, 9.17) is 0 Å². The molecule has 5 nitrogen and oxygen atoms in total. The van der Waals surface area contributed by atoms with Crippen molar-refractivity contribution in [1.82, 2.24) is 19.9 Å². The molecule has 4 rings (SSSR count). The van der Waals surface area contributed by atoms with Crippen LogP contribution in [0.15, 0.2) is 36.7 Å².